The second-order valence-electron chi connectivity index (χ2n) is 9.73. The minimum Gasteiger partial charge on any atom is -0.488 e. The zero-order valence-corrected chi connectivity index (χ0v) is 20.9. The predicted octanol–water partition coefficient (Wildman–Crippen LogP) is 4.99. The summed E-state index contributed by atoms with van der Waals surface area (Å²) in [6, 6.07) is 11.2. The molecule has 3 aromatic rings. The lowest BCUT2D eigenvalue weighted by Gasteiger charge is -2.32. The molecule has 0 amide bonds. The molecule has 37 heavy (non-hydrogen) atoms. The smallest absolute Gasteiger partial charge is 0.328 e. The highest BCUT2D eigenvalue weighted by molar-refractivity contribution is 5.89. The summed E-state index contributed by atoms with van der Waals surface area (Å²) in [5, 5.41) is 20.8. The van der Waals surface area contributed by atoms with Gasteiger partial charge in [0.25, 0.3) is 0 Å². The van der Waals surface area contributed by atoms with Gasteiger partial charge in [0, 0.05) is 42.5 Å². The van der Waals surface area contributed by atoms with Crippen molar-refractivity contribution < 1.29 is 33.5 Å². The summed E-state index contributed by atoms with van der Waals surface area (Å²) >= 11 is 0. The number of rotatable bonds is 6. The van der Waals surface area contributed by atoms with Gasteiger partial charge in [0.2, 0.25) is 0 Å². The molecule has 0 saturated carbocycles. The van der Waals surface area contributed by atoms with Crippen molar-refractivity contribution in [3.63, 3.8) is 0 Å². The van der Waals surface area contributed by atoms with E-state index in [1.54, 1.807) is 6.07 Å². The van der Waals surface area contributed by atoms with Crippen molar-refractivity contribution in [1.29, 1.82) is 0 Å². The Hall–Kier alpha value is -3.72. The summed E-state index contributed by atoms with van der Waals surface area (Å²) < 4.78 is 25.1. The molecule has 1 fully saturated rings. The molecule has 2 aliphatic rings. The van der Waals surface area contributed by atoms with Crippen molar-refractivity contribution in [1.82, 2.24) is 10.1 Å². The Morgan fingerprint density at radius 3 is 2.49 bits per heavy atom. The maximum Gasteiger partial charge on any atom is 0.328 e. The summed E-state index contributed by atoms with van der Waals surface area (Å²) in [6.07, 6.45) is 4.42. The number of carboxylic acids is 2. The minimum atomic E-state index is -1.26. The lowest BCUT2D eigenvalue weighted by Crippen LogP contribution is -2.40. The lowest BCUT2D eigenvalue weighted by molar-refractivity contribution is -0.134. The number of ether oxygens (including phenoxy) is 1. The molecule has 0 bridgehead atoms. The third-order valence-electron chi connectivity index (χ3n) is 6.75. The molecule has 0 aliphatic carbocycles. The Labute approximate surface area is 214 Å². The van der Waals surface area contributed by atoms with Gasteiger partial charge in [0.05, 0.1) is 5.69 Å². The standard InChI is InChI=1S/C24H27FN2O2.C4H4O4/c1-15(2)20-5-3-4-17-12-19(28-24(17)20)14-27-10-8-16(9-11-27)23-21-7-6-18(25)13-22(21)29-26-23;5-3(6)1-2-4(7)8/h3-7,13,15-16,19H,8-12,14H2,1-2H3;1-2H,(H,5,6)(H,7,8)/b;2-1+. The van der Waals surface area contributed by atoms with E-state index in [9.17, 15) is 14.0 Å². The van der Waals surface area contributed by atoms with Crippen LogP contribution in [0.3, 0.4) is 0 Å². The van der Waals surface area contributed by atoms with Crippen LogP contribution < -0.4 is 4.74 Å². The summed E-state index contributed by atoms with van der Waals surface area (Å²) in [7, 11) is 0. The van der Waals surface area contributed by atoms with Crippen LogP contribution >= 0.6 is 0 Å². The quantitative estimate of drug-likeness (QED) is 0.446. The van der Waals surface area contributed by atoms with Gasteiger partial charge in [-0.15, -0.1) is 0 Å². The molecule has 0 spiro atoms. The molecule has 2 aliphatic heterocycles. The van der Waals surface area contributed by atoms with Crippen LogP contribution in [-0.2, 0) is 16.0 Å². The van der Waals surface area contributed by atoms with E-state index in [0.29, 0.717) is 29.6 Å². The zero-order valence-electron chi connectivity index (χ0n) is 20.9. The first-order valence-corrected chi connectivity index (χ1v) is 12.4. The molecule has 1 aromatic heterocycles. The van der Waals surface area contributed by atoms with E-state index in [1.807, 2.05) is 0 Å². The van der Waals surface area contributed by atoms with E-state index in [1.165, 1.54) is 23.3 Å². The summed E-state index contributed by atoms with van der Waals surface area (Å²) in [4.78, 5) is 21.6. The average molecular weight is 511 g/mol. The van der Waals surface area contributed by atoms with Crippen LogP contribution in [0.15, 0.2) is 53.1 Å². The van der Waals surface area contributed by atoms with E-state index in [0.717, 1.165) is 55.7 Å². The molecule has 9 heteroatoms. The van der Waals surface area contributed by atoms with Crippen molar-refractivity contribution in [2.75, 3.05) is 19.6 Å². The first-order valence-electron chi connectivity index (χ1n) is 12.4. The minimum absolute atomic E-state index is 0.234. The highest BCUT2D eigenvalue weighted by Gasteiger charge is 2.30. The first-order chi connectivity index (χ1) is 17.7. The summed E-state index contributed by atoms with van der Waals surface area (Å²) in [5.41, 5.74) is 4.18. The number of aromatic nitrogens is 1. The van der Waals surface area contributed by atoms with Crippen LogP contribution in [0, 0.1) is 5.82 Å². The molecule has 0 radical (unpaired) electrons. The molecule has 5 rings (SSSR count). The normalized spacial score (nSPS) is 18.0. The number of fused-ring (bicyclic) bond motifs is 2. The molecule has 1 atom stereocenters. The second-order valence-corrected chi connectivity index (χ2v) is 9.73. The molecule has 1 saturated heterocycles. The van der Waals surface area contributed by atoms with Crippen LogP contribution in [0.2, 0.25) is 0 Å². The summed E-state index contributed by atoms with van der Waals surface area (Å²) in [5.74, 6) is -0.839. The van der Waals surface area contributed by atoms with Gasteiger partial charge in [-0.05, 0) is 55.1 Å². The zero-order chi connectivity index (χ0) is 26.5. The third-order valence-corrected chi connectivity index (χ3v) is 6.75. The van der Waals surface area contributed by atoms with Crippen molar-refractivity contribution >= 4 is 22.9 Å². The fraction of sp³-hybridized carbons (Fsp3) is 0.393. The Balaban J connectivity index is 0.000000349. The fourth-order valence-electron chi connectivity index (χ4n) is 4.96. The van der Waals surface area contributed by atoms with Crippen molar-refractivity contribution in [3.8, 4) is 5.75 Å². The number of likely N-dealkylation sites (tertiary alicyclic amines) is 1. The Bertz CT molecular complexity index is 1280. The van der Waals surface area contributed by atoms with Crippen molar-refractivity contribution in [2.45, 2.75) is 51.0 Å². The highest BCUT2D eigenvalue weighted by Crippen LogP contribution is 2.37. The Morgan fingerprint density at radius 2 is 1.84 bits per heavy atom. The van der Waals surface area contributed by atoms with E-state index in [-0.39, 0.29) is 11.9 Å². The molecule has 3 heterocycles. The molecular formula is C28H31FN2O6. The van der Waals surface area contributed by atoms with Gasteiger partial charge in [0.15, 0.2) is 5.58 Å². The van der Waals surface area contributed by atoms with Crippen LogP contribution in [0.5, 0.6) is 5.75 Å². The predicted molar refractivity (Wildman–Crippen MR) is 135 cm³/mol. The number of carboxylic acid groups (broad SMARTS) is 2. The average Bonchev–Trinajstić information content (AvgIpc) is 3.46. The number of hydrogen-bond acceptors (Lipinski definition) is 6. The topological polar surface area (TPSA) is 113 Å². The maximum absolute atomic E-state index is 13.4. The fourth-order valence-corrected chi connectivity index (χ4v) is 4.96. The first kappa shape index (κ1) is 26.3. The van der Waals surface area contributed by atoms with Gasteiger partial charge in [-0.2, -0.15) is 0 Å². The van der Waals surface area contributed by atoms with E-state index >= 15 is 0 Å². The van der Waals surface area contributed by atoms with Gasteiger partial charge in [-0.1, -0.05) is 37.2 Å². The van der Waals surface area contributed by atoms with Crippen LogP contribution in [0.4, 0.5) is 4.39 Å². The Kier molecular flexibility index (Phi) is 8.23. The van der Waals surface area contributed by atoms with Crippen LogP contribution in [0.25, 0.3) is 11.0 Å². The van der Waals surface area contributed by atoms with Gasteiger partial charge >= 0.3 is 11.9 Å². The number of halogens is 1. The van der Waals surface area contributed by atoms with E-state index in [4.69, 9.17) is 19.5 Å². The molecule has 2 N–H and O–H groups in total. The molecule has 196 valence electrons. The monoisotopic (exact) mass is 510 g/mol. The van der Waals surface area contributed by atoms with Gasteiger partial charge < -0.3 is 19.5 Å². The molecule has 1 unspecified atom stereocenters. The number of para-hydroxylation sites is 1. The van der Waals surface area contributed by atoms with Gasteiger partial charge in [0.1, 0.15) is 17.7 Å². The highest BCUT2D eigenvalue weighted by atomic mass is 19.1. The SMILES string of the molecule is CC(C)c1cccc2c1OC(CN1CCC(c3noc4cc(F)ccc34)CC1)C2.O=C(O)/C=C/C(=O)O. The number of hydrogen-bond donors (Lipinski definition) is 2. The number of nitrogens with zero attached hydrogens (tertiary/aromatic N) is 2. The summed E-state index contributed by atoms with van der Waals surface area (Å²) in [6.45, 7) is 7.45. The van der Waals surface area contributed by atoms with Crippen LogP contribution in [-0.4, -0.2) is 57.9 Å². The number of aliphatic carboxylic acids is 2. The van der Waals surface area contributed by atoms with E-state index < -0.39 is 11.9 Å². The maximum atomic E-state index is 13.4. The molecule has 8 nitrogen and oxygen atoms in total. The van der Waals surface area contributed by atoms with Crippen LogP contribution in [0.1, 0.15) is 55.3 Å². The van der Waals surface area contributed by atoms with Crippen molar-refractivity contribution in [3.05, 3.63) is 71.2 Å². The molecular weight excluding hydrogens is 479 g/mol. The largest absolute Gasteiger partial charge is 0.488 e. The van der Waals surface area contributed by atoms with E-state index in [2.05, 4.69) is 42.1 Å². The number of piperidine rings is 1. The second kappa shape index (κ2) is 11.6. The van der Waals surface area contributed by atoms with Gasteiger partial charge in [-0.3, -0.25) is 4.90 Å². The Morgan fingerprint density at radius 1 is 1.14 bits per heavy atom. The molecule has 2 aromatic carbocycles. The third kappa shape index (κ3) is 6.54. The number of carbonyl (C=O) groups is 2. The van der Waals surface area contributed by atoms with Crippen molar-refractivity contribution in [2.24, 2.45) is 0 Å². The lowest BCUT2D eigenvalue weighted by atomic mass is 9.91. The van der Waals surface area contributed by atoms with Gasteiger partial charge in [-0.25, -0.2) is 14.0 Å². The number of benzene rings is 2.